The summed E-state index contributed by atoms with van der Waals surface area (Å²) in [6, 6.07) is 8.13. The highest BCUT2D eigenvalue weighted by Crippen LogP contribution is 2.16. The minimum atomic E-state index is -0.657. The number of phenols is 1. The van der Waals surface area contributed by atoms with Crippen molar-refractivity contribution in [3.8, 4) is 17.6 Å². The molecule has 2 rings (SSSR count). The molecule has 3 heteroatoms. The third kappa shape index (κ3) is 5.70. The van der Waals surface area contributed by atoms with Gasteiger partial charge in [-0.15, -0.1) is 0 Å². The third-order valence-corrected chi connectivity index (χ3v) is 3.96. The standard InChI is InChI=1S/C21H24FNO/c1-2-3-4-5-6-7-9-18-10-8-15-23-20(18)13-11-17-12-14-21(24)19(22)16-17/h8,10,12,14-16,24H,2-7,9H2,1H3. The Labute approximate surface area is 143 Å². The van der Waals surface area contributed by atoms with Crippen molar-refractivity contribution in [3.63, 3.8) is 0 Å². The Morgan fingerprint density at radius 3 is 2.62 bits per heavy atom. The smallest absolute Gasteiger partial charge is 0.166 e. The van der Waals surface area contributed by atoms with Crippen LogP contribution < -0.4 is 0 Å². The van der Waals surface area contributed by atoms with Crippen molar-refractivity contribution in [1.29, 1.82) is 0 Å². The maximum absolute atomic E-state index is 13.3. The SMILES string of the molecule is CCCCCCCCc1cccnc1C#Cc1ccc(O)c(F)c1. The molecule has 1 N–H and O–H groups in total. The van der Waals surface area contributed by atoms with E-state index in [2.05, 4.69) is 29.8 Å². The number of aromatic nitrogens is 1. The molecule has 0 radical (unpaired) electrons. The van der Waals surface area contributed by atoms with Crippen molar-refractivity contribution >= 4 is 0 Å². The second kappa shape index (κ2) is 9.72. The highest BCUT2D eigenvalue weighted by molar-refractivity contribution is 5.44. The zero-order valence-electron chi connectivity index (χ0n) is 14.2. The number of benzene rings is 1. The predicted molar refractivity (Wildman–Crippen MR) is 95.4 cm³/mol. The Morgan fingerprint density at radius 1 is 1.04 bits per heavy atom. The van der Waals surface area contributed by atoms with Gasteiger partial charge in [-0.25, -0.2) is 9.37 Å². The van der Waals surface area contributed by atoms with Gasteiger partial charge in [-0.1, -0.05) is 51.0 Å². The fraction of sp³-hybridized carbons (Fsp3) is 0.381. The summed E-state index contributed by atoms with van der Waals surface area (Å²) in [6.07, 6.45) is 10.2. The van der Waals surface area contributed by atoms with Crippen molar-refractivity contribution in [2.24, 2.45) is 0 Å². The van der Waals surface area contributed by atoms with Crippen LogP contribution in [0.4, 0.5) is 4.39 Å². The van der Waals surface area contributed by atoms with E-state index in [0.29, 0.717) is 5.56 Å². The van der Waals surface area contributed by atoms with E-state index in [1.165, 1.54) is 44.2 Å². The molecule has 0 bridgehead atoms. The van der Waals surface area contributed by atoms with Crippen LogP contribution >= 0.6 is 0 Å². The van der Waals surface area contributed by atoms with E-state index in [1.807, 2.05) is 6.07 Å². The van der Waals surface area contributed by atoms with Crippen molar-refractivity contribution in [2.45, 2.75) is 51.9 Å². The highest BCUT2D eigenvalue weighted by Gasteiger charge is 2.02. The second-order valence-electron chi connectivity index (χ2n) is 5.95. The van der Waals surface area contributed by atoms with Gasteiger partial charge in [0.2, 0.25) is 0 Å². The molecule has 0 aliphatic carbocycles. The van der Waals surface area contributed by atoms with E-state index >= 15 is 0 Å². The van der Waals surface area contributed by atoms with Crippen LogP contribution in [0.3, 0.4) is 0 Å². The van der Waals surface area contributed by atoms with Gasteiger partial charge in [0, 0.05) is 11.8 Å². The molecule has 0 spiro atoms. The quantitative estimate of drug-likeness (QED) is 0.558. The Hall–Kier alpha value is -2.34. The monoisotopic (exact) mass is 325 g/mol. The lowest BCUT2D eigenvalue weighted by molar-refractivity contribution is 0.432. The summed E-state index contributed by atoms with van der Waals surface area (Å²) < 4.78 is 13.3. The Kier molecular flexibility index (Phi) is 7.29. The zero-order chi connectivity index (χ0) is 17.2. The molecule has 24 heavy (non-hydrogen) atoms. The van der Waals surface area contributed by atoms with Gasteiger partial charge in [-0.05, 0) is 48.6 Å². The van der Waals surface area contributed by atoms with E-state index in [0.717, 1.165) is 24.1 Å². The van der Waals surface area contributed by atoms with Gasteiger partial charge in [0.25, 0.3) is 0 Å². The summed E-state index contributed by atoms with van der Waals surface area (Å²) >= 11 is 0. The average Bonchev–Trinajstić information content (AvgIpc) is 2.60. The molecule has 0 fully saturated rings. The maximum Gasteiger partial charge on any atom is 0.166 e. The molecule has 2 aromatic rings. The summed E-state index contributed by atoms with van der Waals surface area (Å²) in [6.45, 7) is 2.22. The predicted octanol–water partition coefficient (Wildman–Crippen LogP) is 5.23. The lowest BCUT2D eigenvalue weighted by Gasteiger charge is -2.04. The number of hydrogen-bond acceptors (Lipinski definition) is 2. The molecular weight excluding hydrogens is 301 g/mol. The van der Waals surface area contributed by atoms with Gasteiger partial charge in [0.15, 0.2) is 11.6 Å². The Morgan fingerprint density at radius 2 is 1.83 bits per heavy atom. The van der Waals surface area contributed by atoms with Gasteiger partial charge in [0.05, 0.1) is 0 Å². The number of aryl methyl sites for hydroxylation is 1. The summed E-state index contributed by atoms with van der Waals surface area (Å²) in [4.78, 5) is 4.35. The fourth-order valence-corrected chi connectivity index (χ4v) is 2.56. The van der Waals surface area contributed by atoms with Crippen molar-refractivity contribution < 1.29 is 9.50 Å². The summed E-state index contributed by atoms with van der Waals surface area (Å²) in [5, 5.41) is 9.21. The first-order chi connectivity index (χ1) is 11.7. The minimum Gasteiger partial charge on any atom is -0.505 e. The number of halogens is 1. The molecular formula is C21H24FNO. The molecule has 0 saturated heterocycles. The van der Waals surface area contributed by atoms with Crippen molar-refractivity contribution in [1.82, 2.24) is 4.98 Å². The third-order valence-electron chi connectivity index (χ3n) is 3.96. The van der Waals surface area contributed by atoms with Gasteiger partial charge < -0.3 is 5.11 Å². The second-order valence-corrected chi connectivity index (χ2v) is 5.95. The first kappa shape index (κ1) is 18.0. The molecule has 0 aliphatic rings. The topological polar surface area (TPSA) is 33.1 Å². The molecule has 0 saturated carbocycles. The molecule has 1 aromatic heterocycles. The van der Waals surface area contributed by atoms with E-state index in [9.17, 15) is 9.50 Å². The van der Waals surface area contributed by atoms with Gasteiger partial charge >= 0.3 is 0 Å². The largest absolute Gasteiger partial charge is 0.505 e. The molecule has 1 heterocycles. The maximum atomic E-state index is 13.3. The van der Waals surface area contributed by atoms with Crippen LogP contribution in [0.1, 0.15) is 62.3 Å². The molecule has 2 nitrogen and oxygen atoms in total. The number of unbranched alkanes of at least 4 members (excludes halogenated alkanes) is 5. The van der Waals surface area contributed by atoms with Crippen LogP contribution in [0.25, 0.3) is 0 Å². The van der Waals surface area contributed by atoms with Crippen LogP contribution in [0, 0.1) is 17.7 Å². The minimum absolute atomic E-state index is 0.359. The fourth-order valence-electron chi connectivity index (χ4n) is 2.56. The number of rotatable bonds is 7. The summed E-state index contributed by atoms with van der Waals surface area (Å²) in [5.41, 5.74) is 2.42. The lowest BCUT2D eigenvalue weighted by Crippen LogP contribution is -1.94. The number of hydrogen-bond donors (Lipinski definition) is 1. The van der Waals surface area contributed by atoms with Crippen LogP contribution in [0.15, 0.2) is 36.5 Å². The lowest BCUT2D eigenvalue weighted by atomic mass is 10.0. The van der Waals surface area contributed by atoms with Crippen LogP contribution in [0.2, 0.25) is 0 Å². The van der Waals surface area contributed by atoms with E-state index < -0.39 is 5.82 Å². The Balaban J connectivity index is 1.98. The number of phenolic OH excluding ortho intramolecular Hbond substituents is 1. The van der Waals surface area contributed by atoms with Crippen molar-refractivity contribution in [2.75, 3.05) is 0 Å². The molecule has 1 aromatic carbocycles. The zero-order valence-corrected chi connectivity index (χ0v) is 14.2. The molecule has 0 amide bonds. The van der Waals surface area contributed by atoms with Gasteiger partial charge in [0.1, 0.15) is 5.69 Å². The molecule has 0 unspecified atom stereocenters. The Bertz CT molecular complexity index is 715. The van der Waals surface area contributed by atoms with Crippen molar-refractivity contribution in [3.05, 3.63) is 59.2 Å². The average molecular weight is 325 g/mol. The van der Waals surface area contributed by atoms with E-state index in [4.69, 9.17) is 0 Å². The number of nitrogens with zero attached hydrogens (tertiary/aromatic N) is 1. The van der Waals surface area contributed by atoms with Crippen LogP contribution in [-0.4, -0.2) is 10.1 Å². The summed E-state index contributed by atoms with van der Waals surface area (Å²) in [7, 11) is 0. The first-order valence-electron chi connectivity index (χ1n) is 8.65. The number of aromatic hydroxyl groups is 1. The number of pyridine rings is 1. The molecule has 0 aliphatic heterocycles. The van der Waals surface area contributed by atoms with E-state index in [1.54, 1.807) is 12.3 Å². The van der Waals surface area contributed by atoms with Crippen LogP contribution in [-0.2, 0) is 6.42 Å². The highest BCUT2D eigenvalue weighted by atomic mass is 19.1. The normalized spacial score (nSPS) is 10.2. The molecule has 126 valence electrons. The van der Waals surface area contributed by atoms with Crippen LogP contribution in [0.5, 0.6) is 5.75 Å². The summed E-state index contributed by atoms with van der Waals surface area (Å²) in [5.74, 6) is 4.94. The van der Waals surface area contributed by atoms with Gasteiger partial charge in [-0.3, -0.25) is 0 Å². The molecule has 0 atom stereocenters. The van der Waals surface area contributed by atoms with Gasteiger partial charge in [-0.2, -0.15) is 0 Å². The first-order valence-corrected chi connectivity index (χ1v) is 8.65. The van der Waals surface area contributed by atoms with E-state index in [-0.39, 0.29) is 5.75 Å².